The van der Waals surface area contributed by atoms with Crippen molar-refractivity contribution in [2.45, 2.75) is 251 Å². The Kier molecular flexibility index (Phi) is 44.7. The molecule has 2 atom stereocenters. The summed E-state index contributed by atoms with van der Waals surface area (Å²) in [5.41, 5.74) is 5.38. The second-order valence-electron chi connectivity index (χ2n) is 16.3. The van der Waals surface area contributed by atoms with Crippen molar-refractivity contribution in [2.24, 2.45) is 5.73 Å². The van der Waals surface area contributed by atoms with Crippen LogP contribution in [0.25, 0.3) is 0 Å². The quantitative estimate of drug-likeness (QED) is 0.0270. The normalized spacial score (nSPS) is 13.4. The highest BCUT2D eigenvalue weighted by Gasteiger charge is 2.25. The van der Waals surface area contributed by atoms with E-state index in [1.807, 2.05) is 0 Å². The molecule has 0 aromatic carbocycles. The number of ether oxygens (including phenoxy) is 2. The van der Waals surface area contributed by atoms with E-state index in [1.165, 1.54) is 193 Å². The van der Waals surface area contributed by atoms with Gasteiger partial charge in [-0.15, -0.1) is 0 Å². The number of hydrogen-bond donors (Lipinski definition) is 2. The van der Waals surface area contributed by atoms with Gasteiger partial charge in [0.15, 0.2) is 0 Å². The average molecular weight is 816 g/mol. The lowest BCUT2D eigenvalue weighted by Crippen LogP contribution is -2.28. The lowest BCUT2D eigenvalue weighted by molar-refractivity contribution is -0.154. The number of phosphoric ester groups is 1. The van der Waals surface area contributed by atoms with Crippen LogP contribution < -0.4 is 5.73 Å². The van der Waals surface area contributed by atoms with Gasteiger partial charge < -0.3 is 20.1 Å². The standard InChI is InChI=1S/C47H94NO7P/c1-3-5-7-9-11-13-15-17-19-21-23-24-26-28-30-32-34-36-38-40-47(49)55-46(45-54-56(50,51)53-43-41-48)44-52-42-39-37-35-33-31-29-27-25-22-20-18-16-14-12-10-8-6-4-2/h17,19,46H,3-16,18,20-45,48H2,1-2H3,(H,50,51)/b19-17-. The first-order valence-electron chi connectivity index (χ1n) is 24.2. The lowest BCUT2D eigenvalue weighted by atomic mass is 10.0. The summed E-state index contributed by atoms with van der Waals surface area (Å²) >= 11 is 0. The monoisotopic (exact) mass is 816 g/mol. The summed E-state index contributed by atoms with van der Waals surface area (Å²) < 4.78 is 33.5. The maximum absolute atomic E-state index is 12.6. The van der Waals surface area contributed by atoms with Gasteiger partial charge in [-0.05, 0) is 38.5 Å². The summed E-state index contributed by atoms with van der Waals surface area (Å²) in [4.78, 5) is 22.5. The predicted octanol–water partition coefficient (Wildman–Crippen LogP) is 14.6. The maximum Gasteiger partial charge on any atom is 0.472 e. The van der Waals surface area contributed by atoms with Crippen LogP contribution in [0.3, 0.4) is 0 Å². The molecule has 0 spiro atoms. The van der Waals surface area contributed by atoms with Crippen LogP contribution in [0.5, 0.6) is 0 Å². The zero-order valence-electron chi connectivity index (χ0n) is 37.1. The zero-order chi connectivity index (χ0) is 40.9. The molecule has 56 heavy (non-hydrogen) atoms. The largest absolute Gasteiger partial charge is 0.472 e. The first-order valence-corrected chi connectivity index (χ1v) is 25.7. The molecule has 0 amide bonds. The highest BCUT2D eigenvalue weighted by Crippen LogP contribution is 2.43. The van der Waals surface area contributed by atoms with Crippen LogP contribution in [-0.4, -0.2) is 49.9 Å². The van der Waals surface area contributed by atoms with E-state index in [9.17, 15) is 14.3 Å². The third-order valence-corrected chi connectivity index (χ3v) is 11.7. The molecule has 0 aliphatic rings. The van der Waals surface area contributed by atoms with Crippen molar-refractivity contribution in [2.75, 3.05) is 33.0 Å². The van der Waals surface area contributed by atoms with Gasteiger partial charge in [0.2, 0.25) is 0 Å². The molecule has 2 unspecified atom stereocenters. The zero-order valence-corrected chi connectivity index (χ0v) is 38.0. The highest BCUT2D eigenvalue weighted by molar-refractivity contribution is 7.47. The van der Waals surface area contributed by atoms with Gasteiger partial charge in [0.1, 0.15) is 6.10 Å². The van der Waals surface area contributed by atoms with E-state index < -0.39 is 13.9 Å². The van der Waals surface area contributed by atoms with Crippen molar-refractivity contribution in [1.82, 2.24) is 0 Å². The summed E-state index contributed by atoms with van der Waals surface area (Å²) in [6.45, 7) is 4.98. The summed E-state index contributed by atoms with van der Waals surface area (Å²) in [5, 5.41) is 0. The number of hydrogen-bond acceptors (Lipinski definition) is 7. The van der Waals surface area contributed by atoms with Gasteiger partial charge >= 0.3 is 13.8 Å². The Hall–Kier alpha value is -0.760. The smallest absolute Gasteiger partial charge is 0.457 e. The minimum atomic E-state index is -4.27. The number of phosphoric acid groups is 1. The van der Waals surface area contributed by atoms with E-state index in [-0.39, 0.29) is 32.3 Å². The molecular weight excluding hydrogens is 721 g/mol. The molecule has 0 aliphatic carbocycles. The van der Waals surface area contributed by atoms with E-state index in [2.05, 4.69) is 26.0 Å². The lowest BCUT2D eigenvalue weighted by Gasteiger charge is -2.20. The van der Waals surface area contributed by atoms with Gasteiger partial charge in [0.25, 0.3) is 0 Å². The molecule has 9 heteroatoms. The average Bonchev–Trinajstić information content (AvgIpc) is 3.19. The fraction of sp³-hybridized carbons (Fsp3) is 0.936. The Bertz CT molecular complexity index is 873. The Morgan fingerprint density at radius 2 is 0.893 bits per heavy atom. The van der Waals surface area contributed by atoms with E-state index in [1.54, 1.807) is 0 Å². The van der Waals surface area contributed by atoms with Crippen LogP contribution in [0.2, 0.25) is 0 Å². The topological polar surface area (TPSA) is 117 Å². The summed E-state index contributed by atoms with van der Waals surface area (Å²) in [6, 6.07) is 0. The van der Waals surface area contributed by atoms with Gasteiger partial charge in [-0.1, -0.05) is 212 Å². The van der Waals surface area contributed by atoms with E-state index >= 15 is 0 Å². The molecule has 0 heterocycles. The van der Waals surface area contributed by atoms with E-state index in [0.717, 1.165) is 32.1 Å². The van der Waals surface area contributed by atoms with Crippen LogP contribution in [-0.2, 0) is 27.9 Å². The molecule has 0 bridgehead atoms. The maximum atomic E-state index is 12.6. The third kappa shape index (κ3) is 44.3. The first-order chi connectivity index (χ1) is 27.4. The fourth-order valence-corrected chi connectivity index (χ4v) is 7.88. The minimum absolute atomic E-state index is 0.0922. The Morgan fingerprint density at radius 1 is 0.518 bits per heavy atom. The van der Waals surface area contributed by atoms with Crippen molar-refractivity contribution < 1.29 is 32.8 Å². The van der Waals surface area contributed by atoms with Crippen molar-refractivity contribution in [3.05, 3.63) is 12.2 Å². The molecule has 0 aliphatic heterocycles. The molecular formula is C47H94NO7P. The third-order valence-electron chi connectivity index (χ3n) is 10.7. The molecule has 0 aromatic heterocycles. The SMILES string of the molecule is CCCCCCCC/C=C\CCCCCCCCCCCC(=O)OC(COCCCCCCCCCCCCCCCCCCCC)COP(=O)(O)OCCN. The van der Waals surface area contributed by atoms with E-state index in [0.29, 0.717) is 13.0 Å². The molecule has 0 saturated carbocycles. The number of carbonyl (C=O) groups excluding carboxylic acids is 1. The number of carbonyl (C=O) groups is 1. The molecule has 0 aromatic rings. The van der Waals surface area contributed by atoms with Gasteiger partial charge in [-0.2, -0.15) is 0 Å². The highest BCUT2D eigenvalue weighted by atomic mass is 31.2. The second-order valence-corrected chi connectivity index (χ2v) is 17.8. The predicted molar refractivity (Wildman–Crippen MR) is 238 cm³/mol. The van der Waals surface area contributed by atoms with Gasteiger partial charge in [0, 0.05) is 19.6 Å². The van der Waals surface area contributed by atoms with Crippen molar-refractivity contribution in [1.29, 1.82) is 0 Å². The molecule has 3 N–H and O–H groups in total. The minimum Gasteiger partial charge on any atom is -0.457 e. The Balaban J connectivity index is 3.94. The molecule has 0 saturated heterocycles. The second kappa shape index (κ2) is 45.3. The molecule has 8 nitrogen and oxygen atoms in total. The van der Waals surface area contributed by atoms with Gasteiger partial charge in [-0.25, -0.2) is 4.57 Å². The first kappa shape index (κ1) is 55.2. The number of unbranched alkanes of at least 4 members (excludes halogenated alkanes) is 32. The number of allylic oxidation sites excluding steroid dienone is 2. The number of esters is 1. The van der Waals surface area contributed by atoms with E-state index in [4.69, 9.17) is 24.3 Å². The molecule has 334 valence electrons. The summed E-state index contributed by atoms with van der Waals surface area (Å²) in [7, 11) is -4.27. The molecule has 0 rings (SSSR count). The fourth-order valence-electron chi connectivity index (χ4n) is 7.11. The number of nitrogens with two attached hydrogens (primary N) is 1. The van der Waals surface area contributed by atoms with Crippen LogP contribution in [0.1, 0.15) is 245 Å². The summed E-state index contributed by atoms with van der Waals surface area (Å²) in [6.07, 6.45) is 49.5. The van der Waals surface area contributed by atoms with Crippen LogP contribution >= 0.6 is 7.82 Å². The molecule has 0 fully saturated rings. The van der Waals surface area contributed by atoms with Crippen molar-refractivity contribution in [3.8, 4) is 0 Å². The van der Waals surface area contributed by atoms with Crippen LogP contribution in [0.4, 0.5) is 0 Å². The van der Waals surface area contributed by atoms with Gasteiger partial charge in [-0.3, -0.25) is 13.8 Å². The van der Waals surface area contributed by atoms with Crippen molar-refractivity contribution in [3.63, 3.8) is 0 Å². The summed E-state index contributed by atoms with van der Waals surface area (Å²) in [5.74, 6) is -0.327. The Morgan fingerprint density at radius 3 is 1.30 bits per heavy atom. The number of rotatable bonds is 47. The van der Waals surface area contributed by atoms with Crippen LogP contribution in [0, 0.1) is 0 Å². The van der Waals surface area contributed by atoms with Crippen molar-refractivity contribution >= 4 is 13.8 Å². The van der Waals surface area contributed by atoms with Gasteiger partial charge in [0.05, 0.1) is 19.8 Å². The van der Waals surface area contributed by atoms with Crippen LogP contribution in [0.15, 0.2) is 12.2 Å². The molecule has 0 radical (unpaired) electrons. The Labute approximate surface area is 347 Å².